The highest BCUT2D eigenvalue weighted by Gasteiger charge is 2.11. The van der Waals surface area contributed by atoms with Crippen LogP contribution in [0, 0.1) is 0 Å². The molecule has 0 radical (unpaired) electrons. The molecule has 0 unspecified atom stereocenters. The molecule has 0 amide bonds. The van der Waals surface area contributed by atoms with Crippen molar-refractivity contribution in [1.29, 1.82) is 0 Å². The number of rotatable bonds is 6. The zero-order valence-electron chi connectivity index (χ0n) is 10.2. The summed E-state index contributed by atoms with van der Waals surface area (Å²) < 4.78 is 0. The second-order valence-electron chi connectivity index (χ2n) is 3.96. The van der Waals surface area contributed by atoms with Gasteiger partial charge >= 0.3 is 5.97 Å². The normalized spacial score (nSPS) is 10.3. The summed E-state index contributed by atoms with van der Waals surface area (Å²) in [7, 11) is 0. The Morgan fingerprint density at radius 1 is 1.29 bits per heavy atom. The molecule has 1 aromatic carbocycles. The molecule has 1 aromatic rings. The van der Waals surface area contributed by atoms with E-state index in [0.717, 1.165) is 31.6 Å². The Morgan fingerprint density at radius 3 is 2.29 bits per heavy atom. The smallest absolute Gasteiger partial charge is 0.337 e. The van der Waals surface area contributed by atoms with Crippen LogP contribution >= 0.6 is 11.6 Å². The summed E-state index contributed by atoms with van der Waals surface area (Å²) in [6.45, 7) is 6.15. The van der Waals surface area contributed by atoms with Gasteiger partial charge in [-0.2, -0.15) is 0 Å². The largest absolute Gasteiger partial charge is 0.478 e. The van der Waals surface area contributed by atoms with Gasteiger partial charge in [0.1, 0.15) is 0 Å². The summed E-state index contributed by atoms with van der Waals surface area (Å²) >= 11 is 5.96. The number of anilines is 1. The molecular formula is C13H18ClNO2. The number of halogens is 1. The maximum absolute atomic E-state index is 10.9. The van der Waals surface area contributed by atoms with Crippen LogP contribution in [-0.2, 0) is 0 Å². The Bertz CT molecular complexity index is 387. The van der Waals surface area contributed by atoms with E-state index >= 15 is 0 Å². The molecule has 0 saturated heterocycles. The second-order valence-corrected chi connectivity index (χ2v) is 4.36. The molecule has 0 bridgehead atoms. The van der Waals surface area contributed by atoms with Crippen LogP contribution in [0.3, 0.4) is 0 Å². The average Bonchev–Trinajstić information content (AvgIpc) is 2.28. The van der Waals surface area contributed by atoms with Gasteiger partial charge in [-0.1, -0.05) is 25.4 Å². The first-order valence-electron chi connectivity index (χ1n) is 5.88. The molecule has 0 aliphatic carbocycles. The standard InChI is InChI=1S/C13H18ClNO2/c1-3-7-15(8-4-2)10-5-6-11(13(16)17)12(14)9-10/h5-6,9H,3-4,7-8H2,1-2H3,(H,16,17). The maximum atomic E-state index is 10.9. The van der Waals surface area contributed by atoms with Gasteiger partial charge in [0.2, 0.25) is 0 Å². The van der Waals surface area contributed by atoms with E-state index in [1.807, 2.05) is 6.07 Å². The Morgan fingerprint density at radius 2 is 1.88 bits per heavy atom. The summed E-state index contributed by atoms with van der Waals surface area (Å²) in [5, 5.41) is 9.20. The van der Waals surface area contributed by atoms with Crippen molar-refractivity contribution in [2.24, 2.45) is 0 Å². The minimum absolute atomic E-state index is 0.156. The first-order valence-corrected chi connectivity index (χ1v) is 6.25. The third-order valence-electron chi connectivity index (χ3n) is 2.54. The lowest BCUT2D eigenvalue weighted by Gasteiger charge is -2.24. The van der Waals surface area contributed by atoms with E-state index in [1.165, 1.54) is 0 Å². The second kappa shape index (κ2) is 6.50. The Labute approximate surface area is 107 Å². The van der Waals surface area contributed by atoms with E-state index in [1.54, 1.807) is 12.1 Å². The molecule has 17 heavy (non-hydrogen) atoms. The molecule has 0 atom stereocenters. The van der Waals surface area contributed by atoms with Crippen LogP contribution in [0.1, 0.15) is 37.0 Å². The minimum Gasteiger partial charge on any atom is -0.478 e. The van der Waals surface area contributed by atoms with Crippen molar-refractivity contribution >= 4 is 23.3 Å². The number of carboxylic acids is 1. The highest BCUT2D eigenvalue weighted by molar-refractivity contribution is 6.33. The lowest BCUT2D eigenvalue weighted by atomic mass is 10.2. The molecular weight excluding hydrogens is 238 g/mol. The van der Waals surface area contributed by atoms with Crippen molar-refractivity contribution in [2.75, 3.05) is 18.0 Å². The molecule has 1 rings (SSSR count). The van der Waals surface area contributed by atoms with Gasteiger partial charge < -0.3 is 10.0 Å². The number of benzene rings is 1. The lowest BCUT2D eigenvalue weighted by Crippen LogP contribution is -2.24. The molecule has 94 valence electrons. The molecule has 1 N–H and O–H groups in total. The van der Waals surface area contributed by atoms with Crippen molar-refractivity contribution in [3.8, 4) is 0 Å². The number of carbonyl (C=O) groups is 1. The van der Waals surface area contributed by atoms with Crippen LogP contribution < -0.4 is 4.90 Å². The number of hydrogen-bond donors (Lipinski definition) is 1. The molecule has 0 heterocycles. The molecule has 0 aliphatic rings. The quantitative estimate of drug-likeness (QED) is 0.843. The third-order valence-corrected chi connectivity index (χ3v) is 2.85. The van der Waals surface area contributed by atoms with Crippen molar-refractivity contribution in [1.82, 2.24) is 0 Å². The number of hydrogen-bond acceptors (Lipinski definition) is 2. The predicted octanol–water partition coefficient (Wildman–Crippen LogP) is 3.66. The first-order chi connectivity index (χ1) is 8.10. The van der Waals surface area contributed by atoms with Crippen LogP contribution in [0.25, 0.3) is 0 Å². The summed E-state index contributed by atoms with van der Waals surface area (Å²) in [5.74, 6) is -0.987. The van der Waals surface area contributed by atoms with E-state index in [9.17, 15) is 4.79 Å². The van der Waals surface area contributed by atoms with Crippen molar-refractivity contribution in [3.63, 3.8) is 0 Å². The Hall–Kier alpha value is -1.22. The van der Waals surface area contributed by atoms with Gasteiger partial charge in [0.15, 0.2) is 0 Å². The summed E-state index contributed by atoms with van der Waals surface area (Å²) in [6, 6.07) is 5.12. The van der Waals surface area contributed by atoms with E-state index < -0.39 is 5.97 Å². The maximum Gasteiger partial charge on any atom is 0.337 e. The number of nitrogens with zero attached hydrogens (tertiary/aromatic N) is 1. The fourth-order valence-corrected chi connectivity index (χ4v) is 2.04. The van der Waals surface area contributed by atoms with E-state index in [-0.39, 0.29) is 5.56 Å². The summed E-state index contributed by atoms with van der Waals surface area (Å²) in [5.41, 5.74) is 1.15. The van der Waals surface area contributed by atoms with Crippen LogP contribution in [0.4, 0.5) is 5.69 Å². The molecule has 4 heteroatoms. The van der Waals surface area contributed by atoms with Crippen LogP contribution in [0.2, 0.25) is 5.02 Å². The van der Waals surface area contributed by atoms with E-state index in [2.05, 4.69) is 18.7 Å². The predicted molar refractivity (Wildman–Crippen MR) is 71.2 cm³/mol. The fraction of sp³-hybridized carbons (Fsp3) is 0.462. The van der Waals surface area contributed by atoms with Crippen LogP contribution in [-0.4, -0.2) is 24.2 Å². The van der Waals surface area contributed by atoms with Crippen molar-refractivity contribution < 1.29 is 9.90 Å². The summed E-state index contributed by atoms with van der Waals surface area (Å²) in [6.07, 6.45) is 2.11. The minimum atomic E-state index is -0.987. The Balaban J connectivity index is 2.97. The SMILES string of the molecule is CCCN(CCC)c1ccc(C(=O)O)c(Cl)c1. The Kier molecular flexibility index (Phi) is 5.29. The number of carboxylic acid groups (broad SMARTS) is 1. The lowest BCUT2D eigenvalue weighted by molar-refractivity contribution is 0.0697. The number of aromatic carboxylic acids is 1. The van der Waals surface area contributed by atoms with Crippen LogP contribution in [0.5, 0.6) is 0 Å². The van der Waals surface area contributed by atoms with Gasteiger partial charge in [-0.3, -0.25) is 0 Å². The van der Waals surface area contributed by atoms with Crippen molar-refractivity contribution in [2.45, 2.75) is 26.7 Å². The van der Waals surface area contributed by atoms with Crippen LogP contribution in [0.15, 0.2) is 18.2 Å². The van der Waals surface area contributed by atoms with Gasteiger partial charge in [-0.05, 0) is 31.0 Å². The third kappa shape index (κ3) is 3.63. The van der Waals surface area contributed by atoms with Gasteiger partial charge in [0.05, 0.1) is 10.6 Å². The fourth-order valence-electron chi connectivity index (χ4n) is 1.78. The zero-order chi connectivity index (χ0) is 12.8. The molecule has 3 nitrogen and oxygen atoms in total. The van der Waals surface area contributed by atoms with Gasteiger partial charge in [0.25, 0.3) is 0 Å². The van der Waals surface area contributed by atoms with E-state index in [4.69, 9.17) is 16.7 Å². The van der Waals surface area contributed by atoms with Gasteiger partial charge in [0, 0.05) is 18.8 Å². The van der Waals surface area contributed by atoms with E-state index in [0.29, 0.717) is 5.02 Å². The monoisotopic (exact) mass is 255 g/mol. The first kappa shape index (κ1) is 13.8. The molecule has 0 spiro atoms. The average molecular weight is 256 g/mol. The highest BCUT2D eigenvalue weighted by Crippen LogP contribution is 2.24. The van der Waals surface area contributed by atoms with Gasteiger partial charge in [-0.25, -0.2) is 4.79 Å². The molecule has 0 saturated carbocycles. The molecule has 0 aliphatic heterocycles. The molecule has 0 aromatic heterocycles. The topological polar surface area (TPSA) is 40.5 Å². The molecule has 0 fully saturated rings. The summed E-state index contributed by atoms with van der Waals surface area (Å²) in [4.78, 5) is 13.1. The van der Waals surface area contributed by atoms with Crippen molar-refractivity contribution in [3.05, 3.63) is 28.8 Å². The highest BCUT2D eigenvalue weighted by atomic mass is 35.5. The zero-order valence-corrected chi connectivity index (χ0v) is 11.0. The van der Waals surface area contributed by atoms with Gasteiger partial charge in [-0.15, -0.1) is 0 Å².